The Kier molecular flexibility index (Phi) is 6.47. The van der Waals surface area contributed by atoms with Crippen LogP contribution in [-0.2, 0) is 0 Å². The minimum atomic E-state index is 0.0125. The number of pyridine rings is 1. The zero-order valence-corrected chi connectivity index (χ0v) is 16.4. The topological polar surface area (TPSA) is 65.5 Å². The first-order valence-electron chi connectivity index (χ1n) is 9.41. The molecule has 3 heterocycles. The van der Waals surface area contributed by atoms with Crippen LogP contribution in [0.2, 0.25) is 0 Å². The predicted octanol–water partition coefficient (Wildman–Crippen LogP) is 1.64. The summed E-state index contributed by atoms with van der Waals surface area (Å²) in [6.07, 6.45) is 8.83. The predicted molar refractivity (Wildman–Crippen MR) is 105 cm³/mol. The lowest BCUT2D eigenvalue weighted by Crippen LogP contribution is -2.49. The van der Waals surface area contributed by atoms with Crippen LogP contribution >= 0.6 is 0 Å². The largest absolute Gasteiger partial charge is 0.337 e. The van der Waals surface area contributed by atoms with Crippen LogP contribution in [0.5, 0.6) is 0 Å². The molecule has 27 heavy (non-hydrogen) atoms. The summed E-state index contributed by atoms with van der Waals surface area (Å²) in [5.41, 5.74) is 1.39. The highest BCUT2D eigenvalue weighted by Crippen LogP contribution is 2.18. The van der Waals surface area contributed by atoms with Gasteiger partial charge in [-0.1, -0.05) is 0 Å². The van der Waals surface area contributed by atoms with Gasteiger partial charge in [0.2, 0.25) is 0 Å². The number of hydrogen-bond acceptors (Lipinski definition) is 6. The number of likely N-dealkylation sites (tertiary alicyclic amines) is 1. The highest BCUT2D eigenvalue weighted by Gasteiger charge is 2.27. The summed E-state index contributed by atoms with van der Waals surface area (Å²) in [7, 11) is 6.31. The molecule has 0 bridgehead atoms. The summed E-state index contributed by atoms with van der Waals surface area (Å²) in [6.45, 7) is 3.57. The Morgan fingerprint density at radius 2 is 1.96 bits per heavy atom. The van der Waals surface area contributed by atoms with E-state index in [1.165, 1.54) is 0 Å². The van der Waals surface area contributed by atoms with Gasteiger partial charge in [0.1, 0.15) is 0 Å². The SMILES string of the molecule is CN(C)CCN(C)C1CCCN(C(=O)c2cnc(-c3cccnc3)nc2)C1. The minimum absolute atomic E-state index is 0.0125. The number of carbonyl (C=O) groups excluding carboxylic acids is 1. The molecule has 1 atom stereocenters. The van der Waals surface area contributed by atoms with Crippen molar-refractivity contribution in [2.24, 2.45) is 0 Å². The third-order valence-electron chi connectivity index (χ3n) is 5.03. The molecule has 0 N–H and O–H groups in total. The smallest absolute Gasteiger partial charge is 0.257 e. The summed E-state index contributed by atoms with van der Waals surface area (Å²) < 4.78 is 0. The fourth-order valence-electron chi connectivity index (χ4n) is 3.30. The van der Waals surface area contributed by atoms with Crippen molar-refractivity contribution in [1.29, 1.82) is 0 Å². The van der Waals surface area contributed by atoms with E-state index in [0.29, 0.717) is 17.4 Å². The number of aromatic nitrogens is 3. The molecule has 1 amide bonds. The molecule has 2 aromatic heterocycles. The quantitative estimate of drug-likeness (QED) is 0.772. The van der Waals surface area contributed by atoms with E-state index in [4.69, 9.17) is 0 Å². The molecule has 2 aromatic rings. The van der Waals surface area contributed by atoms with Gasteiger partial charge in [0.25, 0.3) is 5.91 Å². The van der Waals surface area contributed by atoms with Crippen molar-refractivity contribution in [2.75, 3.05) is 47.3 Å². The molecule has 144 valence electrons. The van der Waals surface area contributed by atoms with Crippen LogP contribution in [0.3, 0.4) is 0 Å². The fraction of sp³-hybridized carbons (Fsp3) is 0.500. The van der Waals surface area contributed by atoms with Gasteiger partial charge in [0, 0.05) is 62.6 Å². The summed E-state index contributed by atoms with van der Waals surface area (Å²) in [5, 5.41) is 0. The van der Waals surface area contributed by atoms with Gasteiger partial charge in [-0.05, 0) is 46.1 Å². The van der Waals surface area contributed by atoms with Gasteiger partial charge >= 0.3 is 0 Å². The van der Waals surface area contributed by atoms with Gasteiger partial charge in [-0.15, -0.1) is 0 Å². The molecule has 0 saturated carbocycles. The molecular weight excluding hydrogens is 340 g/mol. The van der Waals surface area contributed by atoms with Crippen molar-refractivity contribution < 1.29 is 4.79 Å². The second-order valence-corrected chi connectivity index (χ2v) is 7.37. The number of rotatable bonds is 6. The fourth-order valence-corrected chi connectivity index (χ4v) is 3.30. The van der Waals surface area contributed by atoms with Gasteiger partial charge in [-0.2, -0.15) is 0 Å². The van der Waals surface area contributed by atoms with Crippen LogP contribution < -0.4 is 0 Å². The Labute approximate surface area is 161 Å². The average Bonchev–Trinajstić information content (AvgIpc) is 2.72. The zero-order chi connectivity index (χ0) is 19.2. The second kappa shape index (κ2) is 9.01. The van der Waals surface area contributed by atoms with Crippen LogP contribution in [0, 0.1) is 0 Å². The first kappa shape index (κ1) is 19.4. The molecule has 0 aromatic carbocycles. The minimum Gasteiger partial charge on any atom is -0.337 e. The van der Waals surface area contributed by atoms with Crippen LogP contribution in [-0.4, -0.2) is 88.9 Å². The molecule has 1 unspecified atom stereocenters. The molecule has 0 radical (unpaired) electrons. The Morgan fingerprint density at radius 1 is 1.19 bits per heavy atom. The maximum Gasteiger partial charge on any atom is 0.257 e. The Balaban J connectivity index is 1.63. The Morgan fingerprint density at radius 3 is 2.63 bits per heavy atom. The molecule has 0 aliphatic carbocycles. The second-order valence-electron chi connectivity index (χ2n) is 7.37. The standard InChI is InChI=1S/C20H28N6O/c1-24(2)10-11-25(3)18-7-5-9-26(15-18)20(27)17-13-22-19(23-14-17)16-6-4-8-21-12-16/h4,6,8,12-14,18H,5,7,9-11,15H2,1-3H3. The van der Waals surface area contributed by atoms with E-state index in [1.54, 1.807) is 24.8 Å². The number of hydrogen-bond donors (Lipinski definition) is 0. The van der Waals surface area contributed by atoms with Crippen LogP contribution in [0.25, 0.3) is 11.4 Å². The number of nitrogens with zero attached hydrogens (tertiary/aromatic N) is 6. The van der Waals surface area contributed by atoms with E-state index < -0.39 is 0 Å². The lowest BCUT2D eigenvalue weighted by Gasteiger charge is -2.38. The molecule has 1 aliphatic heterocycles. The highest BCUT2D eigenvalue weighted by atomic mass is 16.2. The van der Waals surface area contributed by atoms with E-state index in [0.717, 1.165) is 44.6 Å². The third kappa shape index (κ3) is 5.08. The van der Waals surface area contributed by atoms with E-state index in [9.17, 15) is 4.79 Å². The van der Waals surface area contributed by atoms with Gasteiger partial charge in [-0.25, -0.2) is 9.97 Å². The molecule has 7 nitrogen and oxygen atoms in total. The molecule has 1 saturated heterocycles. The molecule has 1 fully saturated rings. The van der Waals surface area contributed by atoms with Crippen LogP contribution in [0.15, 0.2) is 36.9 Å². The maximum atomic E-state index is 12.9. The maximum absolute atomic E-state index is 12.9. The molecule has 0 spiro atoms. The van der Waals surface area contributed by atoms with E-state index >= 15 is 0 Å². The number of amides is 1. The van der Waals surface area contributed by atoms with E-state index in [2.05, 4.69) is 45.9 Å². The average molecular weight is 368 g/mol. The summed E-state index contributed by atoms with van der Waals surface area (Å²) >= 11 is 0. The monoisotopic (exact) mass is 368 g/mol. The normalized spacial score (nSPS) is 17.5. The molecule has 3 rings (SSSR count). The lowest BCUT2D eigenvalue weighted by atomic mass is 10.0. The zero-order valence-electron chi connectivity index (χ0n) is 16.4. The van der Waals surface area contributed by atoms with Crippen molar-refractivity contribution in [1.82, 2.24) is 29.7 Å². The van der Waals surface area contributed by atoms with E-state index in [-0.39, 0.29) is 5.91 Å². The number of piperidine rings is 1. The Hall–Kier alpha value is -2.38. The van der Waals surface area contributed by atoms with Crippen molar-refractivity contribution in [3.8, 4) is 11.4 Å². The van der Waals surface area contributed by atoms with Crippen molar-refractivity contribution >= 4 is 5.91 Å². The van der Waals surface area contributed by atoms with Crippen molar-refractivity contribution in [3.05, 3.63) is 42.5 Å². The van der Waals surface area contributed by atoms with Crippen LogP contribution in [0.1, 0.15) is 23.2 Å². The van der Waals surface area contributed by atoms with E-state index in [1.807, 2.05) is 17.0 Å². The first-order valence-corrected chi connectivity index (χ1v) is 9.41. The number of carbonyl (C=O) groups is 1. The summed E-state index contributed by atoms with van der Waals surface area (Å²) in [4.78, 5) is 32.2. The summed E-state index contributed by atoms with van der Waals surface area (Å²) in [6, 6.07) is 4.15. The van der Waals surface area contributed by atoms with Crippen molar-refractivity contribution in [3.63, 3.8) is 0 Å². The van der Waals surface area contributed by atoms with Gasteiger partial charge < -0.3 is 14.7 Å². The summed E-state index contributed by atoms with van der Waals surface area (Å²) in [5.74, 6) is 0.595. The van der Waals surface area contributed by atoms with Gasteiger partial charge in [0.15, 0.2) is 5.82 Å². The molecule has 1 aliphatic rings. The highest BCUT2D eigenvalue weighted by molar-refractivity contribution is 5.93. The lowest BCUT2D eigenvalue weighted by molar-refractivity contribution is 0.0603. The van der Waals surface area contributed by atoms with Gasteiger partial charge in [0.05, 0.1) is 5.56 Å². The molecule has 7 heteroatoms. The Bertz CT molecular complexity index is 734. The number of likely N-dealkylation sites (N-methyl/N-ethyl adjacent to an activating group) is 2. The van der Waals surface area contributed by atoms with Gasteiger partial charge in [-0.3, -0.25) is 9.78 Å². The van der Waals surface area contributed by atoms with Crippen molar-refractivity contribution in [2.45, 2.75) is 18.9 Å². The molecular formula is C20H28N6O. The van der Waals surface area contributed by atoms with Crippen LogP contribution in [0.4, 0.5) is 0 Å². The third-order valence-corrected chi connectivity index (χ3v) is 5.03. The first-order chi connectivity index (χ1) is 13.0.